The van der Waals surface area contributed by atoms with Crippen LogP contribution >= 0.6 is 11.3 Å². The van der Waals surface area contributed by atoms with Crippen molar-refractivity contribution in [2.45, 2.75) is 38.9 Å². The number of benzene rings is 1. The highest BCUT2D eigenvalue weighted by atomic mass is 32.1. The fourth-order valence-corrected chi connectivity index (χ4v) is 3.36. The molecule has 128 valence electrons. The van der Waals surface area contributed by atoms with Crippen LogP contribution < -0.4 is 5.32 Å². The third-order valence-corrected chi connectivity index (χ3v) is 4.93. The SMILES string of the molecule is Cc1csc(-c2cccc(NC(=O)C(C)OCC3CCCO3)c2)n1. The number of hydrogen-bond donors (Lipinski definition) is 1. The number of rotatable bonds is 6. The number of anilines is 1. The van der Waals surface area contributed by atoms with Crippen molar-refractivity contribution in [2.24, 2.45) is 0 Å². The van der Waals surface area contributed by atoms with Gasteiger partial charge in [0.2, 0.25) is 0 Å². The smallest absolute Gasteiger partial charge is 0.253 e. The van der Waals surface area contributed by atoms with Crippen molar-refractivity contribution >= 4 is 22.9 Å². The summed E-state index contributed by atoms with van der Waals surface area (Å²) in [6.07, 6.45) is 1.68. The average molecular weight is 346 g/mol. The number of aryl methyl sites for hydroxylation is 1. The zero-order chi connectivity index (χ0) is 16.9. The van der Waals surface area contributed by atoms with E-state index in [2.05, 4.69) is 10.3 Å². The predicted molar refractivity (Wildman–Crippen MR) is 95.3 cm³/mol. The molecule has 1 amide bonds. The molecule has 24 heavy (non-hydrogen) atoms. The van der Waals surface area contributed by atoms with Gasteiger partial charge in [0.1, 0.15) is 11.1 Å². The van der Waals surface area contributed by atoms with E-state index in [1.165, 1.54) is 0 Å². The molecule has 1 aromatic heterocycles. The van der Waals surface area contributed by atoms with E-state index in [1.807, 2.05) is 36.6 Å². The third kappa shape index (κ3) is 4.41. The van der Waals surface area contributed by atoms with Gasteiger partial charge in [-0.3, -0.25) is 4.79 Å². The summed E-state index contributed by atoms with van der Waals surface area (Å²) >= 11 is 1.60. The van der Waals surface area contributed by atoms with Crippen molar-refractivity contribution < 1.29 is 14.3 Å². The first kappa shape index (κ1) is 17.1. The number of amides is 1. The predicted octanol–water partition coefficient (Wildman–Crippen LogP) is 3.64. The number of carbonyl (C=O) groups excluding carboxylic acids is 1. The van der Waals surface area contributed by atoms with Gasteiger partial charge in [-0.2, -0.15) is 0 Å². The monoisotopic (exact) mass is 346 g/mol. The first-order chi connectivity index (χ1) is 11.6. The van der Waals surface area contributed by atoms with Crippen LogP contribution in [0.15, 0.2) is 29.6 Å². The molecule has 0 radical (unpaired) electrons. The van der Waals surface area contributed by atoms with Crippen LogP contribution in [-0.2, 0) is 14.3 Å². The topological polar surface area (TPSA) is 60.5 Å². The highest BCUT2D eigenvalue weighted by Crippen LogP contribution is 2.26. The molecule has 0 aliphatic carbocycles. The Morgan fingerprint density at radius 1 is 1.54 bits per heavy atom. The van der Waals surface area contributed by atoms with Gasteiger partial charge in [-0.15, -0.1) is 11.3 Å². The molecule has 0 bridgehead atoms. The van der Waals surface area contributed by atoms with Crippen LogP contribution in [0.1, 0.15) is 25.5 Å². The number of aromatic nitrogens is 1. The number of carbonyl (C=O) groups is 1. The molecule has 1 N–H and O–H groups in total. The number of ether oxygens (including phenoxy) is 2. The van der Waals surface area contributed by atoms with E-state index in [9.17, 15) is 4.79 Å². The minimum Gasteiger partial charge on any atom is -0.376 e. The molecule has 1 aliphatic heterocycles. The van der Waals surface area contributed by atoms with Gasteiger partial charge >= 0.3 is 0 Å². The summed E-state index contributed by atoms with van der Waals surface area (Å²) in [5.74, 6) is -0.152. The zero-order valence-corrected chi connectivity index (χ0v) is 14.8. The van der Waals surface area contributed by atoms with Gasteiger partial charge in [0, 0.05) is 28.9 Å². The minimum atomic E-state index is -0.514. The van der Waals surface area contributed by atoms with Crippen molar-refractivity contribution in [3.8, 4) is 10.6 Å². The Balaban J connectivity index is 1.57. The lowest BCUT2D eigenvalue weighted by Crippen LogP contribution is -2.30. The highest BCUT2D eigenvalue weighted by Gasteiger charge is 2.20. The van der Waals surface area contributed by atoms with Crippen LogP contribution in [0.2, 0.25) is 0 Å². The molecule has 5 nitrogen and oxygen atoms in total. The van der Waals surface area contributed by atoms with E-state index in [0.717, 1.165) is 41.4 Å². The lowest BCUT2D eigenvalue weighted by Gasteiger charge is -2.16. The van der Waals surface area contributed by atoms with Gasteiger partial charge in [-0.05, 0) is 38.8 Å². The molecule has 2 atom stereocenters. The number of hydrogen-bond acceptors (Lipinski definition) is 5. The second-order valence-electron chi connectivity index (χ2n) is 5.97. The molecule has 3 rings (SSSR count). The summed E-state index contributed by atoms with van der Waals surface area (Å²) in [5, 5.41) is 5.87. The molecule has 1 aromatic carbocycles. The van der Waals surface area contributed by atoms with Gasteiger partial charge in [0.25, 0.3) is 5.91 Å². The summed E-state index contributed by atoms with van der Waals surface area (Å²) in [6.45, 7) is 4.99. The van der Waals surface area contributed by atoms with Crippen LogP contribution in [0.5, 0.6) is 0 Å². The van der Waals surface area contributed by atoms with Crippen LogP contribution in [-0.4, -0.2) is 36.3 Å². The third-order valence-electron chi connectivity index (χ3n) is 3.92. The Kier molecular flexibility index (Phi) is 5.60. The fraction of sp³-hybridized carbons (Fsp3) is 0.444. The van der Waals surface area contributed by atoms with Crippen molar-refractivity contribution in [1.82, 2.24) is 4.98 Å². The maximum absolute atomic E-state index is 12.3. The molecule has 1 fully saturated rings. The summed E-state index contributed by atoms with van der Waals surface area (Å²) in [4.78, 5) is 16.8. The van der Waals surface area contributed by atoms with Crippen molar-refractivity contribution in [3.63, 3.8) is 0 Å². The number of nitrogens with zero attached hydrogens (tertiary/aromatic N) is 1. The van der Waals surface area contributed by atoms with E-state index in [4.69, 9.17) is 9.47 Å². The van der Waals surface area contributed by atoms with Crippen molar-refractivity contribution in [1.29, 1.82) is 0 Å². The van der Waals surface area contributed by atoms with E-state index in [-0.39, 0.29) is 12.0 Å². The molecule has 0 saturated carbocycles. The highest BCUT2D eigenvalue weighted by molar-refractivity contribution is 7.13. The Labute approximate surface area is 146 Å². The molecule has 2 heterocycles. The summed E-state index contributed by atoms with van der Waals surface area (Å²) in [5.41, 5.74) is 2.75. The van der Waals surface area contributed by atoms with Crippen LogP contribution in [0, 0.1) is 6.92 Å². The van der Waals surface area contributed by atoms with E-state index in [1.54, 1.807) is 18.3 Å². The first-order valence-corrected chi connectivity index (χ1v) is 9.06. The Hall–Kier alpha value is -1.76. The van der Waals surface area contributed by atoms with Gasteiger partial charge in [-0.25, -0.2) is 4.98 Å². The second kappa shape index (κ2) is 7.88. The lowest BCUT2D eigenvalue weighted by molar-refractivity contribution is -0.128. The normalized spacial score (nSPS) is 18.5. The van der Waals surface area contributed by atoms with Crippen molar-refractivity contribution in [3.05, 3.63) is 35.3 Å². The van der Waals surface area contributed by atoms with Gasteiger partial charge < -0.3 is 14.8 Å². The maximum Gasteiger partial charge on any atom is 0.253 e. The fourth-order valence-electron chi connectivity index (χ4n) is 2.56. The van der Waals surface area contributed by atoms with Gasteiger partial charge in [0.15, 0.2) is 0 Å². The number of thiazole rings is 1. The standard InChI is InChI=1S/C18H22N2O3S/c1-12-11-24-18(19-12)14-5-3-6-15(9-14)20-17(21)13(2)23-10-16-7-4-8-22-16/h3,5-6,9,11,13,16H,4,7-8,10H2,1-2H3,(H,20,21). The van der Waals surface area contributed by atoms with E-state index >= 15 is 0 Å². The Morgan fingerprint density at radius 3 is 3.12 bits per heavy atom. The molecule has 2 aromatic rings. The van der Waals surface area contributed by atoms with E-state index < -0.39 is 6.10 Å². The van der Waals surface area contributed by atoms with Gasteiger partial charge in [0.05, 0.1) is 12.7 Å². The lowest BCUT2D eigenvalue weighted by atomic mass is 10.2. The zero-order valence-electron chi connectivity index (χ0n) is 14.0. The molecule has 6 heteroatoms. The minimum absolute atomic E-state index is 0.122. The van der Waals surface area contributed by atoms with Crippen LogP contribution in [0.4, 0.5) is 5.69 Å². The summed E-state index contributed by atoms with van der Waals surface area (Å²) < 4.78 is 11.1. The molecular formula is C18H22N2O3S. The maximum atomic E-state index is 12.3. The van der Waals surface area contributed by atoms with Crippen LogP contribution in [0.3, 0.4) is 0 Å². The molecule has 0 spiro atoms. The summed E-state index contributed by atoms with van der Waals surface area (Å²) in [6, 6.07) is 7.71. The molecule has 2 unspecified atom stereocenters. The average Bonchev–Trinajstić information content (AvgIpc) is 3.24. The quantitative estimate of drug-likeness (QED) is 0.867. The van der Waals surface area contributed by atoms with Crippen molar-refractivity contribution in [2.75, 3.05) is 18.5 Å². The largest absolute Gasteiger partial charge is 0.376 e. The molecule has 1 saturated heterocycles. The number of nitrogens with one attached hydrogen (secondary N) is 1. The second-order valence-corrected chi connectivity index (χ2v) is 6.83. The molecular weight excluding hydrogens is 324 g/mol. The Morgan fingerprint density at radius 2 is 2.42 bits per heavy atom. The Bertz CT molecular complexity index is 695. The van der Waals surface area contributed by atoms with Gasteiger partial charge in [-0.1, -0.05) is 12.1 Å². The molecule has 1 aliphatic rings. The summed E-state index contributed by atoms with van der Waals surface area (Å²) in [7, 11) is 0. The van der Waals surface area contributed by atoms with E-state index in [0.29, 0.717) is 6.61 Å². The van der Waals surface area contributed by atoms with Crippen LogP contribution in [0.25, 0.3) is 10.6 Å². The first-order valence-electron chi connectivity index (χ1n) is 8.18.